The van der Waals surface area contributed by atoms with Crippen molar-refractivity contribution >= 4 is 40.1 Å². The fourth-order valence-corrected chi connectivity index (χ4v) is 6.18. The van der Waals surface area contributed by atoms with Gasteiger partial charge in [0.1, 0.15) is 16.5 Å². The van der Waals surface area contributed by atoms with Crippen molar-refractivity contribution in [2.75, 3.05) is 5.32 Å². The maximum absolute atomic E-state index is 13.6. The van der Waals surface area contributed by atoms with E-state index in [2.05, 4.69) is 11.4 Å². The zero-order valence-electron chi connectivity index (χ0n) is 21.5. The summed E-state index contributed by atoms with van der Waals surface area (Å²) in [5, 5.41) is 12.9. The number of carboxylic acids is 1. The number of thiophene rings is 1. The number of amides is 1. The van der Waals surface area contributed by atoms with Crippen molar-refractivity contribution in [1.82, 2.24) is 0 Å². The summed E-state index contributed by atoms with van der Waals surface area (Å²) in [5.41, 5.74) is 5.79. The number of nitrogens with zero attached hydrogens (tertiary/aromatic N) is 1. The van der Waals surface area contributed by atoms with E-state index in [9.17, 15) is 9.59 Å². The fraction of sp³-hybridized carbons (Fsp3) is 0.258. The summed E-state index contributed by atoms with van der Waals surface area (Å²) in [6, 6.07) is 16.3. The highest BCUT2D eigenvalue weighted by Crippen LogP contribution is 2.39. The third-order valence-corrected chi connectivity index (χ3v) is 7.91. The molecule has 5 rings (SSSR count). The minimum atomic E-state index is -0.966. The molecule has 2 N–H and O–H groups in total. The highest BCUT2D eigenvalue weighted by molar-refractivity contribution is 7.16. The summed E-state index contributed by atoms with van der Waals surface area (Å²) < 4.78 is 5.96. The highest BCUT2D eigenvalue weighted by atomic mass is 32.1. The van der Waals surface area contributed by atoms with Crippen LogP contribution in [-0.2, 0) is 12.8 Å². The molecule has 1 aliphatic rings. The van der Waals surface area contributed by atoms with Crippen LogP contribution >= 0.6 is 11.3 Å². The van der Waals surface area contributed by atoms with E-state index in [4.69, 9.17) is 14.5 Å². The maximum Gasteiger partial charge on any atom is 0.335 e. The standard InChI is InChI=1S/C31H30N2O4S/c1-19-15-20(2)17-23(16-19)33-29(34)28-25-7-5-3-4-6-8-27(25)38-30(28)32-18-24-13-14-26(37-24)21-9-11-22(12-10-21)31(35)36/h9-18H,3-8H2,1-2H3,(H,33,34)(H,35,36). The number of hydrogen-bond acceptors (Lipinski definition) is 5. The molecule has 0 saturated heterocycles. The van der Waals surface area contributed by atoms with E-state index in [0.29, 0.717) is 22.1 Å². The van der Waals surface area contributed by atoms with Gasteiger partial charge in [0, 0.05) is 16.1 Å². The molecule has 2 aromatic carbocycles. The third kappa shape index (κ3) is 5.78. The topological polar surface area (TPSA) is 91.9 Å². The first kappa shape index (κ1) is 25.7. The van der Waals surface area contributed by atoms with Crippen molar-refractivity contribution in [3.05, 3.63) is 93.1 Å². The van der Waals surface area contributed by atoms with Gasteiger partial charge in [0.25, 0.3) is 5.91 Å². The fourth-order valence-electron chi connectivity index (χ4n) is 4.95. The summed E-state index contributed by atoms with van der Waals surface area (Å²) in [7, 11) is 0. The minimum Gasteiger partial charge on any atom is -0.478 e. The molecule has 0 bridgehead atoms. The monoisotopic (exact) mass is 526 g/mol. The van der Waals surface area contributed by atoms with E-state index >= 15 is 0 Å². The van der Waals surface area contributed by atoms with Gasteiger partial charge in [-0.15, -0.1) is 11.3 Å². The second-order valence-corrected chi connectivity index (χ2v) is 10.9. The van der Waals surface area contributed by atoms with Crippen LogP contribution in [0.4, 0.5) is 10.7 Å². The van der Waals surface area contributed by atoms with Gasteiger partial charge in [-0.2, -0.15) is 0 Å². The molecule has 6 nitrogen and oxygen atoms in total. The molecule has 2 heterocycles. The number of rotatable bonds is 6. The van der Waals surface area contributed by atoms with Gasteiger partial charge in [-0.25, -0.2) is 9.79 Å². The van der Waals surface area contributed by atoms with Crippen molar-refractivity contribution < 1.29 is 19.1 Å². The van der Waals surface area contributed by atoms with E-state index in [1.54, 1.807) is 41.8 Å². The number of carbonyl (C=O) groups excluding carboxylic acids is 1. The normalized spacial score (nSPS) is 13.6. The van der Waals surface area contributed by atoms with E-state index < -0.39 is 5.97 Å². The summed E-state index contributed by atoms with van der Waals surface area (Å²) in [6.07, 6.45) is 8.08. The van der Waals surface area contributed by atoms with Gasteiger partial charge in [0.05, 0.1) is 17.3 Å². The van der Waals surface area contributed by atoms with E-state index in [0.717, 1.165) is 53.6 Å². The molecule has 0 aliphatic heterocycles. The summed E-state index contributed by atoms with van der Waals surface area (Å²) in [4.78, 5) is 30.7. The van der Waals surface area contributed by atoms with Gasteiger partial charge in [-0.1, -0.05) is 31.0 Å². The number of hydrogen-bond donors (Lipinski definition) is 2. The Morgan fingerprint density at radius 1 is 0.947 bits per heavy atom. The molecule has 0 unspecified atom stereocenters. The van der Waals surface area contributed by atoms with Gasteiger partial charge in [-0.05, 0) is 92.6 Å². The van der Waals surface area contributed by atoms with Crippen molar-refractivity contribution in [2.45, 2.75) is 52.4 Å². The van der Waals surface area contributed by atoms with Gasteiger partial charge in [-0.3, -0.25) is 4.79 Å². The molecule has 0 saturated carbocycles. The van der Waals surface area contributed by atoms with Crippen molar-refractivity contribution in [3.8, 4) is 11.3 Å². The number of aromatic carboxylic acids is 1. The number of furan rings is 1. The first-order valence-corrected chi connectivity index (χ1v) is 13.7. The molecule has 1 amide bonds. The molecule has 0 radical (unpaired) electrons. The van der Waals surface area contributed by atoms with E-state index in [1.165, 1.54) is 17.7 Å². The lowest BCUT2D eigenvalue weighted by Crippen LogP contribution is -2.14. The highest BCUT2D eigenvalue weighted by Gasteiger charge is 2.24. The average molecular weight is 527 g/mol. The molecule has 4 aromatic rings. The van der Waals surface area contributed by atoms with Crippen LogP contribution in [0.3, 0.4) is 0 Å². The molecular formula is C31H30N2O4S. The Bertz CT molecular complexity index is 1490. The van der Waals surface area contributed by atoms with Crippen molar-refractivity contribution in [2.24, 2.45) is 4.99 Å². The van der Waals surface area contributed by atoms with Gasteiger partial charge in [0.2, 0.25) is 0 Å². The Morgan fingerprint density at radius 2 is 1.66 bits per heavy atom. The SMILES string of the molecule is Cc1cc(C)cc(NC(=O)c2c(N=Cc3ccc(-c4ccc(C(=O)O)cc4)o3)sc3c2CCCCCC3)c1. The molecule has 0 fully saturated rings. The number of carboxylic acid groups (broad SMARTS) is 1. The van der Waals surface area contributed by atoms with Crippen molar-refractivity contribution in [3.63, 3.8) is 0 Å². The number of aryl methyl sites for hydroxylation is 3. The number of carbonyl (C=O) groups is 2. The zero-order chi connectivity index (χ0) is 26.6. The Kier molecular flexibility index (Phi) is 7.56. The van der Waals surface area contributed by atoms with Crippen LogP contribution in [0.5, 0.6) is 0 Å². The van der Waals surface area contributed by atoms with Crippen LogP contribution in [0.2, 0.25) is 0 Å². The third-order valence-electron chi connectivity index (χ3n) is 6.71. The predicted molar refractivity (Wildman–Crippen MR) is 152 cm³/mol. The number of benzene rings is 2. The van der Waals surface area contributed by atoms with Crippen LogP contribution in [-0.4, -0.2) is 23.2 Å². The quantitative estimate of drug-likeness (QED) is 0.249. The summed E-state index contributed by atoms with van der Waals surface area (Å²) in [6.45, 7) is 4.05. The molecule has 194 valence electrons. The maximum atomic E-state index is 13.6. The molecule has 38 heavy (non-hydrogen) atoms. The van der Waals surface area contributed by atoms with E-state index in [-0.39, 0.29) is 11.5 Å². The molecule has 0 spiro atoms. The zero-order valence-corrected chi connectivity index (χ0v) is 22.4. The lowest BCUT2D eigenvalue weighted by molar-refractivity contribution is 0.0696. The predicted octanol–water partition coefficient (Wildman–Crippen LogP) is 7.99. The molecule has 0 atom stereocenters. The molecular weight excluding hydrogens is 496 g/mol. The Morgan fingerprint density at radius 3 is 2.37 bits per heavy atom. The lowest BCUT2D eigenvalue weighted by Gasteiger charge is -2.12. The van der Waals surface area contributed by atoms with Gasteiger partial charge < -0.3 is 14.8 Å². The lowest BCUT2D eigenvalue weighted by atomic mass is 9.96. The Hall–Kier alpha value is -3.97. The molecule has 2 aromatic heterocycles. The molecule has 1 aliphatic carbocycles. The number of aliphatic imine (C=N–C) groups is 1. The van der Waals surface area contributed by atoms with Gasteiger partial charge in [0.15, 0.2) is 0 Å². The minimum absolute atomic E-state index is 0.126. The number of fused-ring (bicyclic) bond motifs is 1. The first-order valence-electron chi connectivity index (χ1n) is 12.9. The van der Waals surface area contributed by atoms with Gasteiger partial charge >= 0.3 is 5.97 Å². The Labute approximate surface area is 226 Å². The number of anilines is 1. The van der Waals surface area contributed by atoms with Crippen LogP contribution < -0.4 is 5.32 Å². The van der Waals surface area contributed by atoms with Crippen molar-refractivity contribution in [1.29, 1.82) is 0 Å². The Balaban J connectivity index is 1.44. The summed E-state index contributed by atoms with van der Waals surface area (Å²) in [5.74, 6) is 0.0866. The smallest absolute Gasteiger partial charge is 0.335 e. The average Bonchev–Trinajstić information content (AvgIpc) is 3.46. The van der Waals surface area contributed by atoms with Crippen LogP contribution in [0.25, 0.3) is 11.3 Å². The largest absolute Gasteiger partial charge is 0.478 e. The molecule has 7 heteroatoms. The second-order valence-electron chi connectivity index (χ2n) is 9.77. The second kappa shape index (κ2) is 11.2. The van der Waals surface area contributed by atoms with E-state index in [1.807, 2.05) is 38.1 Å². The van der Waals surface area contributed by atoms with Crippen LogP contribution in [0.1, 0.15) is 73.7 Å². The van der Waals surface area contributed by atoms with Crippen LogP contribution in [0.15, 0.2) is 64.0 Å². The number of nitrogens with one attached hydrogen (secondary N) is 1. The van der Waals surface area contributed by atoms with Crippen LogP contribution in [0, 0.1) is 13.8 Å². The first-order chi connectivity index (χ1) is 18.4. The summed E-state index contributed by atoms with van der Waals surface area (Å²) >= 11 is 1.60.